The van der Waals surface area contributed by atoms with Gasteiger partial charge in [-0.1, -0.05) is 12.1 Å². The molecule has 0 fully saturated rings. The lowest BCUT2D eigenvalue weighted by molar-refractivity contribution is -0.117. The summed E-state index contributed by atoms with van der Waals surface area (Å²) in [5, 5.41) is 11.4. The lowest BCUT2D eigenvalue weighted by atomic mass is 10.2. The molecule has 1 N–H and O–H groups in total. The molecule has 0 aliphatic heterocycles. The number of benzene rings is 1. The van der Waals surface area contributed by atoms with Gasteiger partial charge >= 0.3 is 0 Å². The monoisotopic (exact) mass is 291 g/mol. The third-order valence-electron chi connectivity index (χ3n) is 2.87. The summed E-state index contributed by atoms with van der Waals surface area (Å²) >= 11 is 1.62. The van der Waals surface area contributed by atoms with E-state index in [9.17, 15) is 4.79 Å². The molecule has 0 atom stereocenters. The Bertz CT molecular complexity index is 470. The fraction of sp³-hybridized carbons (Fsp3) is 0.467. The van der Waals surface area contributed by atoms with Crippen molar-refractivity contribution in [3.8, 4) is 6.07 Å². The van der Waals surface area contributed by atoms with Crippen LogP contribution in [0.2, 0.25) is 0 Å². The van der Waals surface area contributed by atoms with E-state index in [-0.39, 0.29) is 5.91 Å². The van der Waals surface area contributed by atoms with E-state index < -0.39 is 0 Å². The average molecular weight is 291 g/mol. The van der Waals surface area contributed by atoms with Gasteiger partial charge in [-0.15, -0.1) is 11.8 Å². The maximum Gasteiger partial charge on any atom is 0.238 e. The molecule has 1 amide bonds. The van der Waals surface area contributed by atoms with Gasteiger partial charge in [0.15, 0.2) is 0 Å². The lowest BCUT2D eigenvalue weighted by Crippen LogP contribution is -2.31. The van der Waals surface area contributed by atoms with Gasteiger partial charge in [0.1, 0.15) is 0 Å². The molecule has 0 spiro atoms. The minimum absolute atomic E-state index is 0.00529. The first-order chi connectivity index (χ1) is 9.67. The van der Waals surface area contributed by atoms with Crippen LogP contribution in [-0.4, -0.2) is 37.2 Å². The molecule has 0 saturated carbocycles. The van der Waals surface area contributed by atoms with Gasteiger partial charge in [-0.2, -0.15) is 5.26 Å². The second-order valence-electron chi connectivity index (χ2n) is 4.60. The molecule has 0 aliphatic rings. The van der Waals surface area contributed by atoms with E-state index in [4.69, 9.17) is 5.26 Å². The molecule has 1 aromatic rings. The van der Waals surface area contributed by atoms with Gasteiger partial charge in [0.05, 0.1) is 18.3 Å². The predicted molar refractivity (Wildman–Crippen MR) is 83.8 cm³/mol. The van der Waals surface area contributed by atoms with Crippen LogP contribution in [0.5, 0.6) is 0 Å². The number of nitrogens with zero attached hydrogens (tertiary/aromatic N) is 2. The van der Waals surface area contributed by atoms with E-state index >= 15 is 0 Å². The first-order valence-electron chi connectivity index (χ1n) is 6.65. The van der Waals surface area contributed by atoms with E-state index in [2.05, 4.69) is 11.4 Å². The quantitative estimate of drug-likeness (QED) is 0.591. The number of para-hydroxylation sites is 1. The van der Waals surface area contributed by atoms with Crippen LogP contribution in [0.15, 0.2) is 29.2 Å². The Hall–Kier alpha value is -1.51. The first-order valence-corrected chi connectivity index (χ1v) is 7.88. The van der Waals surface area contributed by atoms with Crippen LogP contribution < -0.4 is 5.32 Å². The van der Waals surface area contributed by atoms with Crippen LogP contribution in [0.25, 0.3) is 0 Å². The highest BCUT2D eigenvalue weighted by atomic mass is 32.2. The van der Waals surface area contributed by atoms with Crippen molar-refractivity contribution < 1.29 is 4.79 Å². The van der Waals surface area contributed by atoms with E-state index in [1.807, 2.05) is 42.5 Å². The number of carbonyl (C=O) groups excluding carboxylic acids is 1. The normalized spacial score (nSPS) is 10.3. The summed E-state index contributed by atoms with van der Waals surface area (Å²) in [6.45, 7) is 1.20. The zero-order valence-electron chi connectivity index (χ0n) is 12.1. The van der Waals surface area contributed by atoms with Crippen LogP contribution in [0.4, 0.5) is 5.69 Å². The number of hydrogen-bond donors (Lipinski definition) is 1. The molecule has 0 aliphatic carbocycles. The average Bonchev–Trinajstić information content (AvgIpc) is 2.44. The number of nitriles is 1. The Kier molecular flexibility index (Phi) is 7.78. The molecule has 108 valence electrons. The number of hydrogen-bond acceptors (Lipinski definition) is 4. The Labute approximate surface area is 125 Å². The molecule has 0 heterocycles. The summed E-state index contributed by atoms with van der Waals surface area (Å²) in [6, 6.07) is 9.91. The van der Waals surface area contributed by atoms with E-state index in [1.54, 1.807) is 11.8 Å². The van der Waals surface area contributed by atoms with Crippen molar-refractivity contribution >= 4 is 23.4 Å². The molecule has 0 bridgehead atoms. The number of unbranched alkanes of at least 4 members (excludes halogenated alkanes) is 2. The Morgan fingerprint density at radius 3 is 2.85 bits per heavy atom. The number of rotatable bonds is 8. The van der Waals surface area contributed by atoms with Gasteiger partial charge in [-0.3, -0.25) is 9.69 Å². The SMILES string of the molecule is CSc1ccccc1NC(=O)CN(C)CCCCC#N. The minimum Gasteiger partial charge on any atom is -0.324 e. The second-order valence-corrected chi connectivity index (χ2v) is 5.45. The molecule has 20 heavy (non-hydrogen) atoms. The van der Waals surface area contributed by atoms with Crippen molar-refractivity contribution in [3.05, 3.63) is 24.3 Å². The highest BCUT2D eigenvalue weighted by Crippen LogP contribution is 2.24. The van der Waals surface area contributed by atoms with Crippen LogP contribution in [0, 0.1) is 11.3 Å². The number of carbonyl (C=O) groups is 1. The number of likely N-dealkylation sites (N-methyl/N-ethyl adjacent to an activating group) is 1. The van der Waals surface area contributed by atoms with Crippen molar-refractivity contribution in [2.75, 3.05) is 31.7 Å². The lowest BCUT2D eigenvalue weighted by Gasteiger charge is -2.16. The number of thioether (sulfide) groups is 1. The third-order valence-corrected chi connectivity index (χ3v) is 3.67. The highest BCUT2D eigenvalue weighted by molar-refractivity contribution is 7.98. The molecule has 0 radical (unpaired) electrons. The summed E-state index contributed by atoms with van der Waals surface area (Å²) < 4.78 is 0. The smallest absolute Gasteiger partial charge is 0.238 e. The Morgan fingerprint density at radius 1 is 1.40 bits per heavy atom. The molecule has 5 heteroatoms. The molecule has 0 saturated heterocycles. The summed E-state index contributed by atoms with van der Waals surface area (Å²) in [4.78, 5) is 15.0. The minimum atomic E-state index is -0.00529. The molecule has 0 unspecified atom stereocenters. The maximum absolute atomic E-state index is 12.0. The van der Waals surface area contributed by atoms with Gasteiger partial charge in [-0.25, -0.2) is 0 Å². The zero-order valence-corrected chi connectivity index (χ0v) is 12.9. The van der Waals surface area contributed by atoms with Crippen molar-refractivity contribution in [3.63, 3.8) is 0 Å². The van der Waals surface area contributed by atoms with Crippen LogP contribution in [-0.2, 0) is 4.79 Å². The summed E-state index contributed by atoms with van der Waals surface area (Å²) in [5.41, 5.74) is 0.864. The highest BCUT2D eigenvalue weighted by Gasteiger charge is 2.08. The maximum atomic E-state index is 12.0. The standard InChI is InChI=1S/C15H21N3OS/c1-18(11-7-3-6-10-16)12-15(19)17-13-8-4-5-9-14(13)20-2/h4-5,8-9H,3,6-7,11-12H2,1-2H3,(H,17,19). The largest absolute Gasteiger partial charge is 0.324 e. The van der Waals surface area contributed by atoms with Gasteiger partial charge in [0.2, 0.25) is 5.91 Å². The van der Waals surface area contributed by atoms with Gasteiger partial charge in [-0.05, 0) is 44.8 Å². The van der Waals surface area contributed by atoms with E-state index in [0.717, 1.165) is 30.0 Å². The van der Waals surface area contributed by atoms with Gasteiger partial charge in [0, 0.05) is 11.3 Å². The number of anilines is 1. The molecule has 0 aromatic heterocycles. The van der Waals surface area contributed by atoms with Crippen LogP contribution in [0.1, 0.15) is 19.3 Å². The van der Waals surface area contributed by atoms with Crippen molar-refractivity contribution in [1.82, 2.24) is 4.90 Å². The second kappa shape index (κ2) is 9.40. The molecule has 1 rings (SSSR count). The van der Waals surface area contributed by atoms with Crippen LogP contribution >= 0.6 is 11.8 Å². The van der Waals surface area contributed by atoms with Gasteiger partial charge in [0.25, 0.3) is 0 Å². The summed E-state index contributed by atoms with van der Waals surface area (Å²) in [5.74, 6) is -0.00529. The Balaban J connectivity index is 2.37. The molecule has 4 nitrogen and oxygen atoms in total. The fourth-order valence-electron chi connectivity index (χ4n) is 1.85. The predicted octanol–water partition coefficient (Wildman–Crippen LogP) is 2.97. The Morgan fingerprint density at radius 2 is 2.15 bits per heavy atom. The topological polar surface area (TPSA) is 56.1 Å². The summed E-state index contributed by atoms with van der Waals surface area (Å²) in [7, 11) is 1.92. The van der Waals surface area contributed by atoms with Crippen molar-refractivity contribution in [2.45, 2.75) is 24.2 Å². The molecular weight excluding hydrogens is 270 g/mol. The molecule has 1 aromatic carbocycles. The van der Waals surface area contributed by atoms with Crippen molar-refractivity contribution in [2.24, 2.45) is 0 Å². The van der Waals surface area contributed by atoms with Crippen molar-refractivity contribution in [1.29, 1.82) is 5.26 Å². The third kappa shape index (κ3) is 6.09. The zero-order chi connectivity index (χ0) is 14.8. The fourth-order valence-corrected chi connectivity index (χ4v) is 2.40. The van der Waals surface area contributed by atoms with Gasteiger partial charge < -0.3 is 5.32 Å². The molecular formula is C15H21N3OS. The first kappa shape index (κ1) is 16.5. The van der Waals surface area contributed by atoms with E-state index in [0.29, 0.717) is 13.0 Å². The van der Waals surface area contributed by atoms with Crippen LogP contribution in [0.3, 0.4) is 0 Å². The summed E-state index contributed by atoms with van der Waals surface area (Å²) in [6.07, 6.45) is 4.41. The van der Waals surface area contributed by atoms with E-state index in [1.165, 1.54) is 0 Å². The number of nitrogens with one attached hydrogen (secondary N) is 1. The number of amides is 1.